The van der Waals surface area contributed by atoms with E-state index in [-0.39, 0.29) is 6.61 Å². The fourth-order valence-electron chi connectivity index (χ4n) is 1.10. The minimum Gasteiger partial charge on any atom is -0.476 e. The first-order chi connectivity index (χ1) is 7.67. The highest BCUT2D eigenvalue weighted by atomic mass is 16.5. The van der Waals surface area contributed by atoms with Gasteiger partial charge in [0.2, 0.25) is 6.10 Å². The molecule has 0 aliphatic carbocycles. The van der Waals surface area contributed by atoms with Crippen LogP contribution < -0.4 is 16.0 Å². The maximum absolute atomic E-state index is 11.3. The number of hydrogen-bond acceptors (Lipinski definition) is 5. The van der Waals surface area contributed by atoms with E-state index in [0.717, 1.165) is 5.69 Å². The Kier molecular flexibility index (Phi) is 4.68. The second kappa shape index (κ2) is 6.04. The molecule has 0 spiro atoms. The van der Waals surface area contributed by atoms with Gasteiger partial charge in [0.1, 0.15) is 5.75 Å². The van der Waals surface area contributed by atoms with E-state index in [1.165, 1.54) is 7.11 Å². The first-order valence-electron chi connectivity index (χ1n) is 4.76. The van der Waals surface area contributed by atoms with Crippen LogP contribution in [0, 0.1) is 6.92 Å². The molecule has 16 heavy (non-hydrogen) atoms. The SMILES string of the molecule is COCC(Oc1ccc(C)nc1)C(=O)NN. The molecular weight excluding hydrogens is 210 g/mol. The van der Waals surface area contributed by atoms with Crippen molar-refractivity contribution in [3.05, 3.63) is 24.0 Å². The van der Waals surface area contributed by atoms with Crippen molar-refractivity contribution >= 4 is 5.91 Å². The molecule has 0 aromatic carbocycles. The van der Waals surface area contributed by atoms with Crippen molar-refractivity contribution in [2.75, 3.05) is 13.7 Å². The molecule has 3 N–H and O–H groups in total. The molecule has 0 saturated carbocycles. The summed E-state index contributed by atoms with van der Waals surface area (Å²) in [6.45, 7) is 1.99. The highest BCUT2D eigenvalue weighted by Crippen LogP contribution is 2.11. The van der Waals surface area contributed by atoms with Crippen molar-refractivity contribution in [3.8, 4) is 5.75 Å². The van der Waals surface area contributed by atoms with E-state index in [9.17, 15) is 4.79 Å². The summed E-state index contributed by atoms with van der Waals surface area (Å²) in [5.74, 6) is 5.08. The standard InChI is InChI=1S/C10H15N3O3/c1-7-3-4-8(5-12-7)16-9(6-15-2)10(14)13-11/h3-5,9H,6,11H2,1-2H3,(H,13,14). The number of carbonyl (C=O) groups excluding carboxylic acids is 1. The van der Waals surface area contributed by atoms with Crippen LogP contribution in [0.15, 0.2) is 18.3 Å². The number of hydrazine groups is 1. The molecule has 1 atom stereocenters. The van der Waals surface area contributed by atoms with Crippen LogP contribution in [0.2, 0.25) is 0 Å². The number of rotatable bonds is 5. The molecule has 0 fully saturated rings. The Labute approximate surface area is 93.7 Å². The van der Waals surface area contributed by atoms with Gasteiger partial charge in [-0.1, -0.05) is 0 Å². The van der Waals surface area contributed by atoms with Crippen LogP contribution in [0.25, 0.3) is 0 Å². The summed E-state index contributed by atoms with van der Waals surface area (Å²) in [6.07, 6.45) is 0.765. The largest absolute Gasteiger partial charge is 0.476 e. The Morgan fingerprint density at radius 2 is 2.38 bits per heavy atom. The monoisotopic (exact) mass is 225 g/mol. The van der Waals surface area contributed by atoms with Gasteiger partial charge >= 0.3 is 0 Å². The van der Waals surface area contributed by atoms with Crippen molar-refractivity contribution in [1.82, 2.24) is 10.4 Å². The van der Waals surface area contributed by atoms with Gasteiger partial charge in [0.05, 0.1) is 12.8 Å². The summed E-state index contributed by atoms with van der Waals surface area (Å²) >= 11 is 0. The van der Waals surface area contributed by atoms with Crippen LogP contribution in [0.1, 0.15) is 5.69 Å². The lowest BCUT2D eigenvalue weighted by Crippen LogP contribution is -2.44. The average Bonchev–Trinajstić information content (AvgIpc) is 2.30. The molecule has 1 aromatic heterocycles. The number of nitrogens with one attached hydrogen (secondary N) is 1. The molecule has 0 aliphatic rings. The number of nitrogens with two attached hydrogens (primary N) is 1. The summed E-state index contributed by atoms with van der Waals surface area (Å²) in [6, 6.07) is 3.52. The number of methoxy groups -OCH3 is 1. The second-order valence-corrected chi connectivity index (χ2v) is 3.21. The molecule has 1 rings (SSSR count). The maximum Gasteiger partial charge on any atom is 0.277 e. The van der Waals surface area contributed by atoms with Gasteiger partial charge < -0.3 is 9.47 Å². The molecule has 0 radical (unpaired) electrons. The molecule has 0 aliphatic heterocycles. The predicted octanol–water partition coefficient (Wildman–Crippen LogP) is -0.226. The van der Waals surface area contributed by atoms with E-state index in [4.69, 9.17) is 15.3 Å². The Hall–Kier alpha value is -1.66. The minimum absolute atomic E-state index is 0.122. The number of aryl methyl sites for hydroxylation is 1. The van der Waals surface area contributed by atoms with Gasteiger partial charge in [-0.3, -0.25) is 15.2 Å². The molecule has 1 aromatic rings. The van der Waals surface area contributed by atoms with Crippen LogP contribution in [0.4, 0.5) is 0 Å². The van der Waals surface area contributed by atoms with E-state index in [1.54, 1.807) is 18.3 Å². The van der Waals surface area contributed by atoms with Gasteiger partial charge in [-0.05, 0) is 19.1 Å². The molecule has 1 amide bonds. The fourth-order valence-corrected chi connectivity index (χ4v) is 1.10. The topological polar surface area (TPSA) is 86.5 Å². The zero-order chi connectivity index (χ0) is 12.0. The second-order valence-electron chi connectivity index (χ2n) is 3.21. The summed E-state index contributed by atoms with van der Waals surface area (Å²) in [4.78, 5) is 15.4. The van der Waals surface area contributed by atoms with Gasteiger partial charge in [0.15, 0.2) is 0 Å². The smallest absolute Gasteiger partial charge is 0.277 e. The molecule has 6 nitrogen and oxygen atoms in total. The third kappa shape index (κ3) is 3.48. The fraction of sp³-hybridized carbons (Fsp3) is 0.400. The lowest BCUT2D eigenvalue weighted by atomic mass is 10.3. The van der Waals surface area contributed by atoms with E-state index in [2.05, 4.69) is 4.98 Å². The van der Waals surface area contributed by atoms with E-state index in [1.807, 2.05) is 12.3 Å². The lowest BCUT2D eigenvalue weighted by molar-refractivity contribution is -0.130. The number of amides is 1. The lowest BCUT2D eigenvalue weighted by Gasteiger charge is -2.16. The van der Waals surface area contributed by atoms with Crippen molar-refractivity contribution < 1.29 is 14.3 Å². The first kappa shape index (κ1) is 12.4. The zero-order valence-electron chi connectivity index (χ0n) is 9.27. The van der Waals surface area contributed by atoms with Crippen molar-refractivity contribution in [2.24, 2.45) is 5.84 Å². The molecular formula is C10H15N3O3. The van der Waals surface area contributed by atoms with Gasteiger partial charge in [0, 0.05) is 12.8 Å². The van der Waals surface area contributed by atoms with Crippen molar-refractivity contribution in [2.45, 2.75) is 13.0 Å². The van der Waals surface area contributed by atoms with Crippen LogP contribution in [-0.4, -0.2) is 30.7 Å². The molecule has 0 saturated heterocycles. The minimum atomic E-state index is -0.778. The molecule has 88 valence electrons. The normalized spacial score (nSPS) is 11.9. The van der Waals surface area contributed by atoms with Crippen LogP contribution in [0.5, 0.6) is 5.75 Å². The van der Waals surface area contributed by atoms with Crippen molar-refractivity contribution in [3.63, 3.8) is 0 Å². The van der Waals surface area contributed by atoms with Crippen molar-refractivity contribution in [1.29, 1.82) is 0 Å². The maximum atomic E-state index is 11.3. The third-order valence-electron chi connectivity index (χ3n) is 1.92. The van der Waals surface area contributed by atoms with E-state index < -0.39 is 12.0 Å². The van der Waals surface area contributed by atoms with Gasteiger partial charge in [-0.15, -0.1) is 0 Å². The van der Waals surface area contributed by atoms with E-state index >= 15 is 0 Å². The summed E-state index contributed by atoms with van der Waals surface area (Å²) in [7, 11) is 1.48. The summed E-state index contributed by atoms with van der Waals surface area (Å²) in [5, 5.41) is 0. The number of hydrogen-bond donors (Lipinski definition) is 2. The van der Waals surface area contributed by atoms with Gasteiger partial charge in [-0.2, -0.15) is 0 Å². The molecule has 0 bridgehead atoms. The number of carbonyl (C=O) groups is 1. The predicted molar refractivity (Wildman–Crippen MR) is 57.6 cm³/mol. The Morgan fingerprint density at radius 1 is 1.62 bits per heavy atom. The average molecular weight is 225 g/mol. The molecule has 1 unspecified atom stereocenters. The van der Waals surface area contributed by atoms with Gasteiger partial charge in [-0.25, -0.2) is 5.84 Å². The quantitative estimate of drug-likeness (QED) is 0.411. The van der Waals surface area contributed by atoms with Crippen LogP contribution >= 0.6 is 0 Å². The number of nitrogens with zero attached hydrogens (tertiary/aromatic N) is 1. The molecule has 6 heteroatoms. The van der Waals surface area contributed by atoms with Crippen LogP contribution in [-0.2, 0) is 9.53 Å². The Bertz CT molecular complexity index is 340. The number of aromatic nitrogens is 1. The zero-order valence-corrected chi connectivity index (χ0v) is 9.27. The Morgan fingerprint density at radius 3 is 2.88 bits per heavy atom. The Balaban J connectivity index is 2.67. The van der Waals surface area contributed by atoms with Gasteiger partial charge in [0.25, 0.3) is 5.91 Å². The third-order valence-corrected chi connectivity index (χ3v) is 1.92. The number of ether oxygens (including phenoxy) is 2. The first-order valence-corrected chi connectivity index (χ1v) is 4.76. The van der Waals surface area contributed by atoms with Crippen LogP contribution in [0.3, 0.4) is 0 Å². The highest BCUT2D eigenvalue weighted by molar-refractivity contribution is 5.80. The molecule has 1 heterocycles. The van der Waals surface area contributed by atoms with E-state index in [0.29, 0.717) is 5.75 Å². The number of pyridine rings is 1. The summed E-state index contributed by atoms with van der Waals surface area (Å²) in [5.41, 5.74) is 2.89. The highest BCUT2D eigenvalue weighted by Gasteiger charge is 2.19. The summed E-state index contributed by atoms with van der Waals surface area (Å²) < 4.78 is 10.2.